The highest BCUT2D eigenvalue weighted by Crippen LogP contribution is 2.20. The second-order valence-corrected chi connectivity index (χ2v) is 10.6. The molecular formula is C32H38N8O5. The molecule has 45 heavy (non-hydrogen) atoms. The van der Waals surface area contributed by atoms with E-state index in [2.05, 4.69) is 25.4 Å². The van der Waals surface area contributed by atoms with Gasteiger partial charge in [0, 0.05) is 29.6 Å². The number of hydrogen-bond acceptors (Lipinski definition) is 10. The van der Waals surface area contributed by atoms with E-state index >= 15 is 0 Å². The molecular weight excluding hydrogens is 576 g/mol. The second kappa shape index (κ2) is 15.4. The monoisotopic (exact) mass is 614 g/mol. The number of oxime groups is 1. The van der Waals surface area contributed by atoms with Crippen LogP contribution in [0.2, 0.25) is 0 Å². The predicted molar refractivity (Wildman–Crippen MR) is 171 cm³/mol. The van der Waals surface area contributed by atoms with Gasteiger partial charge in [0.05, 0.1) is 30.6 Å². The topological polar surface area (TPSA) is 191 Å². The summed E-state index contributed by atoms with van der Waals surface area (Å²) in [5.41, 5.74) is 14.9. The second-order valence-electron chi connectivity index (χ2n) is 10.6. The van der Waals surface area contributed by atoms with Crippen LogP contribution >= 0.6 is 0 Å². The van der Waals surface area contributed by atoms with Crippen molar-refractivity contribution in [1.29, 1.82) is 0 Å². The maximum absolute atomic E-state index is 13.6. The van der Waals surface area contributed by atoms with Gasteiger partial charge >= 0.3 is 11.9 Å². The third-order valence-electron chi connectivity index (χ3n) is 6.82. The third-order valence-corrected chi connectivity index (χ3v) is 6.82. The number of amides is 1. The van der Waals surface area contributed by atoms with Crippen LogP contribution in [0.25, 0.3) is 11.0 Å². The van der Waals surface area contributed by atoms with E-state index in [1.807, 2.05) is 32.9 Å². The van der Waals surface area contributed by atoms with Crippen molar-refractivity contribution in [2.24, 2.45) is 22.5 Å². The Morgan fingerprint density at radius 2 is 1.82 bits per heavy atom. The van der Waals surface area contributed by atoms with E-state index in [1.54, 1.807) is 54.7 Å². The van der Waals surface area contributed by atoms with Gasteiger partial charge < -0.3 is 31.3 Å². The molecule has 0 aliphatic heterocycles. The molecule has 0 aliphatic rings. The number of pyridine rings is 1. The van der Waals surface area contributed by atoms with Crippen LogP contribution < -0.4 is 21.7 Å². The minimum Gasteiger partial charge on any atom is -0.466 e. The molecule has 4 aromatic rings. The summed E-state index contributed by atoms with van der Waals surface area (Å²) in [5, 5.41) is 6.98. The lowest BCUT2D eigenvalue weighted by Crippen LogP contribution is -2.36. The summed E-state index contributed by atoms with van der Waals surface area (Å²) in [6, 6.07) is 16.8. The minimum absolute atomic E-state index is 0.0469. The molecule has 6 N–H and O–H groups in total. The number of imidazole rings is 1. The highest BCUT2D eigenvalue weighted by molar-refractivity contribution is 6.07. The predicted octanol–water partition coefficient (Wildman–Crippen LogP) is 3.71. The largest absolute Gasteiger partial charge is 0.466 e. The standard InChI is InChI=1S/C32H38N8O5/c1-4-17-44-28(41)14-16-40(27-7-5-6-15-35-27)31(42)22-10-13-24-25(18-22)38-26(37-24)19-36-23-11-8-21(9-12-23)30(34)39-45-32(43)29(33)20(2)3/h5-13,15,18,20,29,36H,4,14,16-17,19,33H2,1-3H3,(H2,34,39)(H,37,38). The van der Waals surface area contributed by atoms with Crippen LogP contribution in [0.4, 0.5) is 11.5 Å². The number of nitrogens with two attached hydrogens (primary N) is 2. The molecule has 0 spiro atoms. The van der Waals surface area contributed by atoms with Crippen molar-refractivity contribution in [2.45, 2.75) is 46.2 Å². The molecule has 0 saturated heterocycles. The van der Waals surface area contributed by atoms with E-state index in [1.165, 1.54) is 4.90 Å². The first-order valence-corrected chi connectivity index (χ1v) is 14.7. The zero-order chi connectivity index (χ0) is 32.3. The maximum Gasteiger partial charge on any atom is 0.351 e. The molecule has 1 amide bonds. The molecule has 13 heteroatoms. The first-order valence-electron chi connectivity index (χ1n) is 14.7. The van der Waals surface area contributed by atoms with Gasteiger partial charge in [-0.25, -0.2) is 14.8 Å². The maximum atomic E-state index is 13.6. The number of carbonyl (C=O) groups excluding carboxylic acids is 3. The number of fused-ring (bicyclic) bond motifs is 1. The number of nitrogens with zero attached hydrogens (tertiary/aromatic N) is 4. The lowest BCUT2D eigenvalue weighted by molar-refractivity contribution is -0.146. The van der Waals surface area contributed by atoms with Crippen LogP contribution in [-0.2, 0) is 25.7 Å². The molecule has 2 heterocycles. The molecule has 0 saturated carbocycles. The summed E-state index contributed by atoms with van der Waals surface area (Å²) in [5.74, 6) is -0.254. The highest BCUT2D eigenvalue weighted by atomic mass is 16.7. The van der Waals surface area contributed by atoms with Gasteiger partial charge in [0.25, 0.3) is 5.91 Å². The van der Waals surface area contributed by atoms with Crippen molar-refractivity contribution in [2.75, 3.05) is 23.4 Å². The average molecular weight is 615 g/mol. The molecule has 0 fully saturated rings. The Balaban J connectivity index is 1.40. The number of hydrogen-bond donors (Lipinski definition) is 4. The number of ether oxygens (including phenoxy) is 1. The number of aromatic nitrogens is 3. The van der Waals surface area contributed by atoms with Gasteiger partial charge in [0.1, 0.15) is 17.7 Å². The summed E-state index contributed by atoms with van der Waals surface area (Å²) in [6.45, 7) is 6.39. The molecule has 1 unspecified atom stereocenters. The molecule has 4 rings (SSSR count). The molecule has 0 radical (unpaired) electrons. The molecule has 0 aliphatic carbocycles. The fourth-order valence-corrected chi connectivity index (χ4v) is 4.18. The van der Waals surface area contributed by atoms with E-state index in [-0.39, 0.29) is 36.6 Å². The number of nitrogens with one attached hydrogen (secondary N) is 2. The van der Waals surface area contributed by atoms with Gasteiger partial charge in [-0.05, 0) is 66.9 Å². The molecule has 236 valence electrons. The number of carbonyl (C=O) groups is 3. The Hall–Kier alpha value is -5.30. The quantitative estimate of drug-likeness (QED) is 0.0535. The Morgan fingerprint density at radius 3 is 2.51 bits per heavy atom. The number of amidine groups is 1. The zero-order valence-corrected chi connectivity index (χ0v) is 25.5. The number of rotatable bonds is 14. The average Bonchev–Trinajstić information content (AvgIpc) is 3.47. The fourth-order valence-electron chi connectivity index (χ4n) is 4.18. The summed E-state index contributed by atoms with van der Waals surface area (Å²) in [4.78, 5) is 56.2. The van der Waals surface area contributed by atoms with Gasteiger partial charge in [-0.3, -0.25) is 14.5 Å². The Bertz CT molecular complexity index is 1640. The smallest absolute Gasteiger partial charge is 0.351 e. The van der Waals surface area contributed by atoms with Crippen molar-refractivity contribution in [3.8, 4) is 0 Å². The van der Waals surface area contributed by atoms with Crippen molar-refractivity contribution >= 4 is 46.2 Å². The highest BCUT2D eigenvalue weighted by Gasteiger charge is 2.21. The SMILES string of the molecule is CCCOC(=O)CCN(C(=O)c1ccc2nc(CNc3ccc(/C(N)=N/OC(=O)C(N)C(C)C)cc3)[nH]c2c1)c1ccccn1. The molecule has 0 bridgehead atoms. The van der Waals surface area contributed by atoms with Crippen LogP contribution in [-0.4, -0.2) is 57.8 Å². The van der Waals surface area contributed by atoms with Crippen molar-refractivity contribution in [3.05, 3.63) is 83.8 Å². The fraction of sp³-hybridized carbons (Fsp3) is 0.312. The van der Waals surface area contributed by atoms with Crippen molar-refractivity contribution in [1.82, 2.24) is 15.0 Å². The van der Waals surface area contributed by atoms with Crippen molar-refractivity contribution in [3.63, 3.8) is 0 Å². The van der Waals surface area contributed by atoms with E-state index in [4.69, 9.17) is 21.0 Å². The number of esters is 1. The minimum atomic E-state index is -0.785. The normalized spacial score (nSPS) is 12.2. The van der Waals surface area contributed by atoms with Gasteiger partial charge in [0.2, 0.25) is 0 Å². The van der Waals surface area contributed by atoms with Crippen molar-refractivity contribution < 1.29 is 24.0 Å². The number of aromatic amines is 1. The van der Waals surface area contributed by atoms with Gasteiger partial charge in [0.15, 0.2) is 5.84 Å². The van der Waals surface area contributed by atoms with Crippen LogP contribution in [0.1, 0.15) is 55.4 Å². The number of anilines is 2. The molecule has 2 aromatic heterocycles. The lowest BCUT2D eigenvalue weighted by Gasteiger charge is -2.21. The Morgan fingerprint density at radius 1 is 1.07 bits per heavy atom. The summed E-state index contributed by atoms with van der Waals surface area (Å²) in [7, 11) is 0. The first kappa shape index (κ1) is 32.6. The van der Waals surface area contributed by atoms with Crippen LogP contribution in [0.5, 0.6) is 0 Å². The van der Waals surface area contributed by atoms with Gasteiger partial charge in [-0.1, -0.05) is 32.0 Å². The lowest BCUT2D eigenvalue weighted by atomic mass is 10.1. The van der Waals surface area contributed by atoms with E-state index in [0.717, 1.165) is 12.1 Å². The van der Waals surface area contributed by atoms with Crippen LogP contribution in [0, 0.1) is 5.92 Å². The third kappa shape index (κ3) is 8.86. The summed E-state index contributed by atoms with van der Waals surface area (Å²) < 4.78 is 5.18. The first-order chi connectivity index (χ1) is 21.7. The molecule has 13 nitrogen and oxygen atoms in total. The van der Waals surface area contributed by atoms with Crippen LogP contribution in [0.15, 0.2) is 72.0 Å². The summed E-state index contributed by atoms with van der Waals surface area (Å²) in [6.07, 6.45) is 2.37. The number of H-pyrrole nitrogens is 1. The van der Waals surface area contributed by atoms with Gasteiger partial charge in [-0.15, -0.1) is 0 Å². The Kier molecular flexibility index (Phi) is 11.2. The Labute approximate surface area is 261 Å². The zero-order valence-electron chi connectivity index (χ0n) is 25.5. The van der Waals surface area contributed by atoms with Crippen LogP contribution in [0.3, 0.4) is 0 Å². The molecule has 2 aromatic carbocycles. The van der Waals surface area contributed by atoms with Gasteiger partial charge in [-0.2, -0.15) is 0 Å². The molecule has 1 atom stereocenters. The van der Waals surface area contributed by atoms with E-state index in [0.29, 0.717) is 47.0 Å². The summed E-state index contributed by atoms with van der Waals surface area (Å²) >= 11 is 0. The van der Waals surface area contributed by atoms with E-state index < -0.39 is 12.0 Å². The van der Waals surface area contributed by atoms with E-state index in [9.17, 15) is 14.4 Å². The number of benzene rings is 2.